The highest BCUT2D eigenvalue weighted by atomic mass is 15.0. The lowest BCUT2D eigenvalue weighted by Gasteiger charge is -2.09. The Bertz CT molecular complexity index is 50.1. The van der Waals surface area contributed by atoms with Gasteiger partial charge in [0.1, 0.15) is 0 Å². The highest BCUT2D eigenvalue weighted by Crippen LogP contribution is 2.02. The van der Waals surface area contributed by atoms with Gasteiger partial charge in [-0.15, -0.1) is 0 Å². The van der Waals surface area contributed by atoms with E-state index in [1.165, 1.54) is 19.4 Å². The Labute approximate surface area is 86.5 Å². The van der Waals surface area contributed by atoms with E-state index >= 15 is 0 Å². The van der Waals surface area contributed by atoms with Crippen LogP contribution in [0.5, 0.6) is 0 Å². The van der Waals surface area contributed by atoms with E-state index in [1.54, 1.807) is 0 Å². The van der Waals surface area contributed by atoms with E-state index < -0.39 is 0 Å². The summed E-state index contributed by atoms with van der Waals surface area (Å²) in [6, 6.07) is 0. The quantitative estimate of drug-likeness (QED) is 0.645. The predicted molar refractivity (Wildman–Crippen MR) is 65.3 cm³/mol. The topological polar surface area (TPSA) is 3.24 Å². The van der Waals surface area contributed by atoms with Crippen LogP contribution in [-0.4, -0.2) is 25.5 Å². The largest absolute Gasteiger partial charge is 0.309 e. The average molecular weight is 189 g/mol. The molecule has 0 rings (SSSR count). The van der Waals surface area contributed by atoms with Crippen molar-refractivity contribution in [2.24, 2.45) is 5.92 Å². The number of hydrogen-bond acceptors (Lipinski definition) is 1. The Morgan fingerprint density at radius 2 is 1.31 bits per heavy atom. The van der Waals surface area contributed by atoms with Gasteiger partial charge >= 0.3 is 0 Å². The second kappa shape index (κ2) is 17.9. The predicted octanol–water partition coefficient (Wildman–Crippen LogP) is 4.04. The molecule has 0 saturated carbocycles. The van der Waals surface area contributed by atoms with Gasteiger partial charge in [-0.3, -0.25) is 0 Å². The number of nitrogens with zero attached hydrogens (tertiary/aromatic N) is 1. The van der Waals surface area contributed by atoms with Gasteiger partial charge in [0.05, 0.1) is 0 Å². The third kappa shape index (κ3) is 33.4. The zero-order valence-electron chi connectivity index (χ0n) is 11.1. The molecule has 0 heterocycles. The summed E-state index contributed by atoms with van der Waals surface area (Å²) in [5, 5.41) is 0. The van der Waals surface area contributed by atoms with Gasteiger partial charge in [0, 0.05) is 0 Å². The monoisotopic (exact) mass is 189 g/mol. The fraction of sp³-hybridized carbons (Fsp3) is 1.00. The van der Waals surface area contributed by atoms with Crippen LogP contribution in [0.1, 0.15) is 54.4 Å². The molecule has 1 heteroatoms. The van der Waals surface area contributed by atoms with Gasteiger partial charge in [0.2, 0.25) is 0 Å². The summed E-state index contributed by atoms with van der Waals surface area (Å²) in [6.45, 7) is 13.8. The van der Waals surface area contributed by atoms with Crippen LogP contribution in [0.3, 0.4) is 0 Å². The summed E-state index contributed by atoms with van der Waals surface area (Å²) < 4.78 is 0. The maximum absolute atomic E-state index is 2.27. The van der Waals surface area contributed by atoms with Gasteiger partial charge in [-0.25, -0.2) is 0 Å². The molecular weight excluding hydrogens is 158 g/mol. The third-order valence-corrected chi connectivity index (χ3v) is 1.39. The summed E-state index contributed by atoms with van der Waals surface area (Å²) in [6.07, 6.45) is 2.70. The maximum atomic E-state index is 2.27. The molecule has 0 N–H and O–H groups in total. The first kappa shape index (κ1) is 18.7. The van der Waals surface area contributed by atoms with Gasteiger partial charge < -0.3 is 4.90 Å². The second-order valence-corrected chi connectivity index (χ2v) is 3.34. The molecule has 13 heavy (non-hydrogen) atoms. The molecule has 0 unspecified atom stereocenters. The van der Waals surface area contributed by atoms with Crippen LogP contribution in [-0.2, 0) is 0 Å². The van der Waals surface area contributed by atoms with Crippen LogP contribution in [0, 0.1) is 5.92 Å². The molecule has 0 bridgehead atoms. The van der Waals surface area contributed by atoms with Crippen LogP contribution in [0.4, 0.5) is 0 Å². The van der Waals surface area contributed by atoms with Gasteiger partial charge in [0.25, 0.3) is 0 Å². The van der Waals surface area contributed by atoms with E-state index in [2.05, 4.69) is 32.8 Å². The molecule has 0 aliphatic carbocycles. The van der Waals surface area contributed by atoms with Crippen LogP contribution in [0.15, 0.2) is 0 Å². The van der Waals surface area contributed by atoms with Crippen molar-refractivity contribution in [3.8, 4) is 0 Å². The van der Waals surface area contributed by atoms with E-state index in [-0.39, 0.29) is 0 Å². The van der Waals surface area contributed by atoms with E-state index in [0.717, 1.165) is 5.92 Å². The van der Waals surface area contributed by atoms with Gasteiger partial charge in [-0.05, 0) is 39.4 Å². The van der Waals surface area contributed by atoms with Crippen LogP contribution in [0.25, 0.3) is 0 Å². The Hall–Kier alpha value is -0.0400. The highest BCUT2D eigenvalue weighted by molar-refractivity contribution is 4.48. The van der Waals surface area contributed by atoms with Crippen LogP contribution < -0.4 is 0 Å². The molecule has 0 aliphatic heterocycles. The molecule has 0 saturated heterocycles. The molecule has 0 aliphatic rings. The third-order valence-electron chi connectivity index (χ3n) is 1.39. The first-order valence-electron chi connectivity index (χ1n) is 5.77. The van der Waals surface area contributed by atoms with Crippen molar-refractivity contribution < 1.29 is 0 Å². The smallest absolute Gasteiger partial charge is 0.00247 e. The lowest BCUT2D eigenvalue weighted by molar-refractivity contribution is 0.378. The molecule has 0 spiro atoms. The first-order valence-corrected chi connectivity index (χ1v) is 5.77. The first-order chi connectivity index (χ1) is 6.13. The summed E-state index contributed by atoms with van der Waals surface area (Å²) in [7, 11) is 4.25. The standard InChI is InChI=1S/C8H19N.2C2H6/c1-8(2)6-5-7-9(3)4;2*1-2/h8H,5-7H2,1-4H3;2*1-2H3. The summed E-state index contributed by atoms with van der Waals surface area (Å²) in [5.74, 6) is 0.866. The fourth-order valence-corrected chi connectivity index (χ4v) is 0.816. The minimum absolute atomic E-state index is 0.866. The van der Waals surface area contributed by atoms with E-state index in [1.807, 2.05) is 27.7 Å². The molecule has 84 valence electrons. The summed E-state index contributed by atoms with van der Waals surface area (Å²) in [5.41, 5.74) is 0. The summed E-state index contributed by atoms with van der Waals surface area (Å²) in [4.78, 5) is 2.24. The number of hydrogen-bond donors (Lipinski definition) is 0. The maximum Gasteiger partial charge on any atom is -0.00247 e. The normalized spacial score (nSPS) is 8.77. The Kier molecular flexibility index (Phi) is 25.7. The van der Waals surface area contributed by atoms with Crippen molar-refractivity contribution in [1.29, 1.82) is 0 Å². The molecule has 0 atom stereocenters. The average Bonchev–Trinajstić information content (AvgIpc) is 2.10. The van der Waals surface area contributed by atoms with Gasteiger partial charge in [0.15, 0.2) is 0 Å². The molecule has 0 fully saturated rings. The summed E-state index contributed by atoms with van der Waals surface area (Å²) >= 11 is 0. The van der Waals surface area contributed by atoms with Crippen molar-refractivity contribution >= 4 is 0 Å². The van der Waals surface area contributed by atoms with Crippen LogP contribution in [0.2, 0.25) is 0 Å². The van der Waals surface area contributed by atoms with E-state index in [9.17, 15) is 0 Å². The van der Waals surface area contributed by atoms with Crippen molar-refractivity contribution in [1.82, 2.24) is 4.90 Å². The highest BCUT2D eigenvalue weighted by Gasteiger charge is 1.93. The minimum atomic E-state index is 0.866. The number of rotatable bonds is 4. The Morgan fingerprint density at radius 1 is 0.923 bits per heavy atom. The fourth-order valence-electron chi connectivity index (χ4n) is 0.816. The van der Waals surface area contributed by atoms with Crippen LogP contribution >= 0.6 is 0 Å². The van der Waals surface area contributed by atoms with E-state index in [0.29, 0.717) is 0 Å². The Morgan fingerprint density at radius 3 is 1.54 bits per heavy atom. The second-order valence-electron chi connectivity index (χ2n) is 3.34. The van der Waals surface area contributed by atoms with Crippen molar-refractivity contribution in [2.75, 3.05) is 20.6 Å². The SMILES string of the molecule is CC.CC.CC(C)CCCN(C)C. The molecule has 0 radical (unpaired) electrons. The lowest BCUT2D eigenvalue weighted by atomic mass is 10.1. The van der Waals surface area contributed by atoms with Crippen molar-refractivity contribution in [3.05, 3.63) is 0 Å². The molecule has 0 aromatic heterocycles. The van der Waals surface area contributed by atoms with Gasteiger partial charge in [-0.1, -0.05) is 41.5 Å². The molecule has 0 aromatic carbocycles. The van der Waals surface area contributed by atoms with Crippen molar-refractivity contribution in [3.63, 3.8) is 0 Å². The van der Waals surface area contributed by atoms with Crippen molar-refractivity contribution in [2.45, 2.75) is 54.4 Å². The molecule has 1 nitrogen and oxygen atoms in total. The minimum Gasteiger partial charge on any atom is -0.309 e. The zero-order valence-corrected chi connectivity index (χ0v) is 11.1. The lowest BCUT2D eigenvalue weighted by Crippen LogP contribution is -2.13. The molecule has 0 aromatic rings. The van der Waals surface area contributed by atoms with E-state index in [4.69, 9.17) is 0 Å². The zero-order chi connectivity index (χ0) is 11.3. The molecule has 0 amide bonds. The van der Waals surface area contributed by atoms with Gasteiger partial charge in [-0.2, -0.15) is 0 Å². The molecular formula is C12H31N. The Balaban J connectivity index is -0.000000218.